The van der Waals surface area contributed by atoms with Crippen molar-refractivity contribution >= 4 is 11.7 Å². The number of carboxylic acid groups (broad SMARTS) is 1. The van der Waals surface area contributed by atoms with E-state index in [4.69, 9.17) is 15.6 Å². The third-order valence-corrected chi connectivity index (χ3v) is 3.19. The average Bonchev–Trinajstić information content (AvgIpc) is 2.98. The average molecular weight is 221 g/mol. The molecule has 1 aromatic rings. The van der Waals surface area contributed by atoms with Crippen molar-refractivity contribution < 1.29 is 14.6 Å². The highest BCUT2D eigenvalue weighted by Gasteiger charge is 2.46. The molecular weight excluding hydrogens is 206 g/mol. The van der Waals surface area contributed by atoms with Gasteiger partial charge in [0.15, 0.2) is 0 Å². The summed E-state index contributed by atoms with van der Waals surface area (Å²) in [4.78, 5) is 10.8. The molecule has 2 rings (SSSR count). The van der Waals surface area contributed by atoms with Gasteiger partial charge in [0.2, 0.25) is 0 Å². The van der Waals surface area contributed by atoms with Crippen LogP contribution in [0.5, 0.6) is 5.75 Å². The van der Waals surface area contributed by atoms with E-state index in [0.29, 0.717) is 11.4 Å². The second-order valence-corrected chi connectivity index (χ2v) is 4.31. The van der Waals surface area contributed by atoms with Gasteiger partial charge in [0, 0.05) is 5.41 Å². The molecule has 0 saturated heterocycles. The Kier molecular flexibility index (Phi) is 2.50. The molecule has 1 aliphatic carbocycles. The smallest absolute Gasteiger partial charge is 0.304 e. The summed E-state index contributed by atoms with van der Waals surface area (Å²) < 4.78 is 5.07. The van der Waals surface area contributed by atoms with Crippen molar-refractivity contribution in [3.63, 3.8) is 0 Å². The van der Waals surface area contributed by atoms with Crippen LogP contribution >= 0.6 is 0 Å². The van der Waals surface area contributed by atoms with Crippen LogP contribution in [0, 0.1) is 0 Å². The van der Waals surface area contributed by atoms with Crippen LogP contribution in [0.25, 0.3) is 0 Å². The lowest BCUT2D eigenvalue weighted by molar-refractivity contribution is -0.137. The van der Waals surface area contributed by atoms with Gasteiger partial charge in [0.1, 0.15) is 5.75 Å². The molecule has 0 bridgehead atoms. The molecule has 4 heteroatoms. The van der Waals surface area contributed by atoms with E-state index in [1.807, 2.05) is 12.1 Å². The first-order chi connectivity index (χ1) is 7.57. The monoisotopic (exact) mass is 221 g/mol. The summed E-state index contributed by atoms with van der Waals surface area (Å²) in [5, 5.41) is 8.86. The number of benzene rings is 1. The van der Waals surface area contributed by atoms with E-state index in [1.165, 1.54) is 0 Å². The molecule has 86 valence electrons. The van der Waals surface area contributed by atoms with E-state index < -0.39 is 5.97 Å². The summed E-state index contributed by atoms with van der Waals surface area (Å²) in [5.74, 6) is -0.123. The number of aliphatic carboxylic acids is 1. The Balaban J connectivity index is 2.28. The van der Waals surface area contributed by atoms with Gasteiger partial charge >= 0.3 is 5.97 Å². The van der Waals surface area contributed by atoms with Gasteiger partial charge in [-0.1, -0.05) is 6.07 Å². The van der Waals surface area contributed by atoms with Crippen LogP contribution in [0.3, 0.4) is 0 Å². The molecule has 1 aromatic carbocycles. The molecule has 0 spiro atoms. The van der Waals surface area contributed by atoms with Crippen molar-refractivity contribution in [3.8, 4) is 5.75 Å². The van der Waals surface area contributed by atoms with Crippen LogP contribution in [-0.2, 0) is 10.2 Å². The number of anilines is 1. The van der Waals surface area contributed by atoms with Crippen molar-refractivity contribution in [1.82, 2.24) is 0 Å². The number of nitrogens with two attached hydrogens (primary N) is 1. The van der Waals surface area contributed by atoms with Crippen LogP contribution in [0.15, 0.2) is 18.2 Å². The minimum absolute atomic E-state index is 0.179. The molecule has 0 radical (unpaired) electrons. The zero-order chi connectivity index (χ0) is 11.8. The Bertz CT molecular complexity index is 424. The zero-order valence-electron chi connectivity index (χ0n) is 9.19. The Morgan fingerprint density at radius 3 is 2.69 bits per heavy atom. The zero-order valence-corrected chi connectivity index (χ0v) is 9.19. The molecule has 0 heterocycles. The van der Waals surface area contributed by atoms with Gasteiger partial charge < -0.3 is 15.6 Å². The summed E-state index contributed by atoms with van der Waals surface area (Å²) in [5.41, 5.74) is 7.20. The van der Waals surface area contributed by atoms with Crippen LogP contribution < -0.4 is 10.5 Å². The van der Waals surface area contributed by atoms with E-state index in [0.717, 1.165) is 18.4 Å². The SMILES string of the molecule is COc1ccc(C2(CC(=O)O)CC2)cc1N. The molecule has 0 atom stereocenters. The maximum Gasteiger partial charge on any atom is 0.304 e. The van der Waals surface area contributed by atoms with Gasteiger partial charge in [-0.2, -0.15) is 0 Å². The highest BCUT2D eigenvalue weighted by Crippen LogP contribution is 2.51. The van der Waals surface area contributed by atoms with E-state index in [-0.39, 0.29) is 11.8 Å². The fourth-order valence-corrected chi connectivity index (χ4v) is 2.07. The maximum absolute atomic E-state index is 10.8. The lowest BCUT2D eigenvalue weighted by Crippen LogP contribution is -2.13. The van der Waals surface area contributed by atoms with Crippen LogP contribution in [0.4, 0.5) is 5.69 Å². The number of ether oxygens (including phenoxy) is 1. The van der Waals surface area contributed by atoms with Gasteiger partial charge in [0.05, 0.1) is 19.2 Å². The fraction of sp³-hybridized carbons (Fsp3) is 0.417. The number of hydrogen-bond donors (Lipinski definition) is 2. The molecule has 4 nitrogen and oxygen atoms in total. The summed E-state index contributed by atoms with van der Waals surface area (Å²) in [7, 11) is 1.56. The molecular formula is C12H15NO3. The lowest BCUT2D eigenvalue weighted by Gasteiger charge is -2.14. The number of carbonyl (C=O) groups is 1. The normalized spacial score (nSPS) is 16.8. The first-order valence-corrected chi connectivity index (χ1v) is 5.23. The molecule has 1 fully saturated rings. The lowest BCUT2D eigenvalue weighted by atomic mass is 9.92. The van der Waals surface area contributed by atoms with Gasteiger partial charge in [0.25, 0.3) is 0 Å². The van der Waals surface area contributed by atoms with Crippen molar-refractivity contribution in [2.75, 3.05) is 12.8 Å². The third kappa shape index (κ3) is 1.83. The van der Waals surface area contributed by atoms with Gasteiger partial charge in [-0.3, -0.25) is 4.79 Å². The van der Waals surface area contributed by atoms with E-state index >= 15 is 0 Å². The number of carboxylic acids is 1. The number of rotatable bonds is 4. The molecule has 0 aromatic heterocycles. The second-order valence-electron chi connectivity index (χ2n) is 4.31. The van der Waals surface area contributed by atoms with Crippen molar-refractivity contribution in [3.05, 3.63) is 23.8 Å². The van der Waals surface area contributed by atoms with E-state index in [9.17, 15) is 4.79 Å². The first-order valence-electron chi connectivity index (χ1n) is 5.23. The highest BCUT2D eigenvalue weighted by atomic mass is 16.5. The Hall–Kier alpha value is -1.71. The third-order valence-electron chi connectivity index (χ3n) is 3.19. The van der Waals surface area contributed by atoms with E-state index in [2.05, 4.69) is 0 Å². The summed E-state index contributed by atoms with van der Waals surface area (Å²) in [6.07, 6.45) is 2.02. The number of nitrogen functional groups attached to an aromatic ring is 1. The molecule has 16 heavy (non-hydrogen) atoms. The minimum Gasteiger partial charge on any atom is -0.495 e. The van der Waals surface area contributed by atoms with E-state index in [1.54, 1.807) is 13.2 Å². The molecule has 1 aliphatic rings. The van der Waals surface area contributed by atoms with Crippen molar-refractivity contribution in [2.24, 2.45) is 0 Å². The first kappa shape index (κ1) is 10.8. The van der Waals surface area contributed by atoms with Gasteiger partial charge in [-0.15, -0.1) is 0 Å². The second kappa shape index (κ2) is 3.70. The standard InChI is InChI=1S/C12H15NO3/c1-16-10-3-2-8(6-9(10)13)12(4-5-12)7-11(14)15/h2-3,6H,4-5,7,13H2,1H3,(H,14,15). The molecule has 1 saturated carbocycles. The predicted octanol–water partition coefficient (Wildman–Crippen LogP) is 1.78. The van der Waals surface area contributed by atoms with Crippen molar-refractivity contribution in [2.45, 2.75) is 24.7 Å². The summed E-state index contributed by atoms with van der Waals surface area (Å²) >= 11 is 0. The van der Waals surface area contributed by atoms with Crippen LogP contribution in [0.2, 0.25) is 0 Å². The molecule has 3 N–H and O–H groups in total. The Morgan fingerprint density at radius 1 is 1.56 bits per heavy atom. The molecule has 0 unspecified atom stereocenters. The number of methoxy groups -OCH3 is 1. The molecule has 0 aliphatic heterocycles. The fourth-order valence-electron chi connectivity index (χ4n) is 2.07. The summed E-state index contributed by atoms with van der Waals surface area (Å²) in [6.45, 7) is 0. The van der Waals surface area contributed by atoms with Crippen LogP contribution in [-0.4, -0.2) is 18.2 Å². The number of hydrogen-bond acceptors (Lipinski definition) is 3. The van der Waals surface area contributed by atoms with Gasteiger partial charge in [-0.05, 0) is 30.5 Å². The Labute approximate surface area is 94.0 Å². The van der Waals surface area contributed by atoms with Crippen molar-refractivity contribution in [1.29, 1.82) is 0 Å². The topological polar surface area (TPSA) is 72.5 Å². The highest BCUT2D eigenvalue weighted by molar-refractivity contribution is 5.70. The van der Waals surface area contributed by atoms with Crippen LogP contribution in [0.1, 0.15) is 24.8 Å². The summed E-state index contributed by atoms with van der Waals surface area (Å²) in [6, 6.07) is 5.53. The Morgan fingerprint density at radius 2 is 2.25 bits per heavy atom. The van der Waals surface area contributed by atoms with Gasteiger partial charge in [-0.25, -0.2) is 0 Å². The predicted molar refractivity (Wildman–Crippen MR) is 60.6 cm³/mol. The largest absolute Gasteiger partial charge is 0.495 e. The maximum atomic E-state index is 10.8. The molecule has 0 amide bonds. The minimum atomic E-state index is -0.758. The quantitative estimate of drug-likeness (QED) is 0.760.